The molecule has 0 heterocycles. The van der Waals surface area contributed by atoms with Crippen molar-refractivity contribution >= 4 is 28.9 Å². The maximum Gasteiger partial charge on any atom is 0.226 e. The molecule has 0 aliphatic rings. The van der Waals surface area contributed by atoms with Crippen LogP contribution in [0.25, 0.3) is 0 Å². The van der Waals surface area contributed by atoms with Gasteiger partial charge in [-0.25, -0.2) is 0 Å². The van der Waals surface area contributed by atoms with E-state index in [1.54, 1.807) is 44.6 Å². The van der Waals surface area contributed by atoms with Crippen molar-refractivity contribution in [1.29, 1.82) is 0 Å². The van der Waals surface area contributed by atoms with Gasteiger partial charge in [-0.05, 0) is 36.4 Å². The number of benzene rings is 2. The van der Waals surface area contributed by atoms with Crippen molar-refractivity contribution in [2.75, 3.05) is 31.4 Å². The van der Waals surface area contributed by atoms with E-state index in [2.05, 4.69) is 10.6 Å². The van der Waals surface area contributed by atoms with Crippen molar-refractivity contribution in [1.82, 2.24) is 0 Å². The Hall–Kier alpha value is -2.40. The van der Waals surface area contributed by atoms with Gasteiger partial charge in [0.2, 0.25) is 5.91 Å². The molecule has 2 aromatic carbocycles. The van der Waals surface area contributed by atoms with Crippen LogP contribution in [0.1, 0.15) is 6.42 Å². The third-order valence-corrected chi connectivity index (χ3v) is 3.44. The van der Waals surface area contributed by atoms with Crippen LogP contribution in [0, 0.1) is 0 Å². The molecule has 0 aromatic heterocycles. The minimum atomic E-state index is -0.0846. The number of carbonyl (C=O) groups excluding carboxylic acids is 1. The summed E-state index contributed by atoms with van der Waals surface area (Å²) in [7, 11) is 3.12. The zero-order chi connectivity index (χ0) is 16.7. The minimum Gasteiger partial charge on any atom is -0.493 e. The molecule has 0 saturated carbocycles. The van der Waals surface area contributed by atoms with Crippen LogP contribution in [-0.4, -0.2) is 26.7 Å². The summed E-state index contributed by atoms with van der Waals surface area (Å²) in [6, 6.07) is 12.6. The summed E-state index contributed by atoms with van der Waals surface area (Å²) >= 11 is 5.82. The number of ether oxygens (including phenoxy) is 2. The second-order valence-corrected chi connectivity index (χ2v) is 5.24. The summed E-state index contributed by atoms with van der Waals surface area (Å²) in [5.41, 5.74) is 1.59. The van der Waals surface area contributed by atoms with Crippen LogP contribution >= 0.6 is 11.6 Å². The van der Waals surface area contributed by atoms with E-state index >= 15 is 0 Å². The molecule has 0 aliphatic carbocycles. The molecule has 0 radical (unpaired) electrons. The predicted octanol–water partition coefficient (Wildman–Crippen LogP) is 3.80. The van der Waals surface area contributed by atoms with Gasteiger partial charge in [0.15, 0.2) is 11.5 Å². The molecule has 23 heavy (non-hydrogen) atoms. The molecular formula is C17H19ClN2O3. The molecule has 0 saturated heterocycles. The van der Waals surface area contributed by atoms with E-state index < -0.39 is 0 Å². The SMILES string of the molecule is COc1ccc(NC(=O)CCNc2ccc(Cl)cc2)cc1OC. The molecule has 0 bridgehead atoms. The number of anilines is 2. The summed E-state index contributed by atoms with van der Waals surface area (Å²) in [6.07, 6.45) is 0.344. The van der Waals surface area contributed by atoms with E-state index in [0.717, 1.165) is 5.69 Å². The molecular weight excluding hydrogens is 316 g/mol. The van der Waals surface area contributed by atoms with Crippen molar-refractivity contribution in [2.45, 2.75) is 6.42 Å². The Morgan fingerprint density at radius 3 is 2.30 bits per heavy atom. The molecule has 6 heteroatoms. The normalized spacial score (nSPS) is 10.0. The summed E-state index contributed by atoms with van der Waals surface area (Å²) in [6.45, 7) is 0.529. The van der Waals surface area contributed by atoms with Gasteiger partial charge in [0.1, 0.15) is 0 Å². The highest BCUT2D eigenvalue weighted by Gasteiger charge is 2.07. The first-order valence-corrected chi connectivity index (χ1v) is 7.51. The fourth-order valence-electron chi connectivity index (χ4n) is 2.03. The van der Waals surface area contributed by atoms with Crippen LogP contribution in [0.15, 0.2) is 42.5 Å². The number of halogens is 1. The van der Waals surface area contributed by atoms with E-state index in [1.165, 1.54) is 0 Å². The number of carbonyl (C=O) groups is 1. The highest BCUT2D eigenvalue weighted by molar-refractivity contribution is 6.30. The second-order valence-electron chi connectivity index (χ2n) is 4.80. The molecule has 2 N–H and O–H groups in total. The predicted molar refractivity (Wildman–Crippen MR) is 92.7 cm³/mol. The molecule has 0 spiro atoms. The quantitative estimate of drug-likeness (QED) is 0.808. The Morgan fingerprint density at radius 1 is 1.00 bits per heavy atom. The number of nitrogens with one attached hydrogen (secondary N) is 2. The Balaban J connectivity index is 1.83. The number of hydrogen-bond acceptors (Lipinski definition) is 4. The topological polar surface area (TPSA) is 59.6 Å². The third kappa shape index (κ3) is 5.07. The lowest BCUT2D eigenvalue weighted by molar-refractivity contribution is -0.115. The van der Waals surface area contributed by atoms with Crippen LogP contribution in [0.4, 0.5) is 11.4 Å². The molecule has 0 aliphatic heterocycles. The van der Waals surface area contributed by atoms with Crippen LogP contribution < -0.4 is 20.1 Å². The van der Waals surface area contributed by atoms with Gasteiger partial charge in [-0.3, -0.25) is 4.79 Å². The smallest absolute Gasteiger partial charge is 0.226 e. The molecule has 1 amide bonds. The number of hydrogen-bond donors (Lipinski definition) is 2. The van der Waals surface area contributed by atoms with Crippen LogP contribution in [0.2, 0.25) is 5.02 Å². The van der Waals surface area contributed by atoms with Gasteiger partial charge in [-0.15, -0.1) is 0 Å². The first-order valence-electron chi connectivity index (χ1n) is 7.13. The van der Waals surface area contributed by atoms with E-state index in [-0.39, 0.29) is 5.91 Å². The van der Waals surface area contributed by atoms with Crippen LogP contribution in [0.3, 0.4) is 0 Å². The Bertz CT molecular complexity index is 659. The number of amides is 1. The maximum atomic E-state index is 12.0. The third-order valence-electron chi connectivity index (χ3n) is 3.19. The standard InChI is InChI=1S/C17H19ClN2O3/c1-22-15-8-7-14(11-16(15)23-2)20-17(21)9-10-19-13-5-3-12(18)4-6-13/h3-8,11,19H,9-10H2,1-2H3,(H,20,21). The van der Waals surface area contributed by atoms with Gasteiger partial charge >= 0.3 is 0 Å². The zero-order valence-corrected chi connectivity index (χ0v) is 13.8. The van der Waals surface area contributed by atoms with Gasteiger partial charge in [-0.1, -0.05) is 11.6 Å². The monoisotopic (exact) mass is 334 g/mol. The van der Waals surface area contributed by atoms with Crippen molar-refractivity contribution in [3.05, 3.63) is 47.5 Å². The highest BCUT2D eigenvalue weighted by atomic mass is 35.5. The maximum absolute atomic E-state index is 12.0. The van der Waals surface area contributed by atoms with E-state index in [4.69, 9.17) is 21.1 Å². The molecule has 2 aromatic rings. The van der Waals surface area contributed by atoms with E-state index in [1.807, 2.05) is 12.1 Å². The van der Waals surface area contributed by atoms with Crippen molar-refractivity contribution in [3.8, 4) is 11.5 Å². The number of methoxy groups -OCH3 is 2. The van der Waals surface area contributed by atoms with E-state index in [9.17, 15) is 4.79 Å². The summed E-state index contributed by atoms with van der Waals surface area (Å²) in [5, 5.41) is 6.68. The molecule has 5 nitrogen and oxygen atoms in total. The van der Waals surface area contributed by atoms with Crippen molar-refractivity contribution in [2.24, 2.45) is 0 Å². The van der Waals surface area contributed by atoms with Gasteiger partial charge in [-0.2, -0.15) is 0 Å². The Labute approximate surface area is 140 Å². The number of rotatable bonds is 7. The first kappa shape index (κ1) is 17.0. The van der Waals surface area contributed by atoms with Crippen molar-refractivity contribution in [3.63, 3.8) is 0 Å². The lowest BCUT2D eigenvalue weighted by atomic mass is 10.2. The molecule has 0 unspecified atom stereocenters. The molecule has 0 atom stereocenters. The minimum absolute atomic E-state index is 0.0846. The van der Waals surface area contributed by atoms with Crippen molar-refractivity contribution < 1.29 is 14.3 Å². The molecule has 0 fully saturated rings. The zero-order valence-electron chi connectivity index (χ0n) is 13.1. The van der Waals surface area contributed by atoms with Gasteiger partial charge < -0.3 is 20.1 Å². The highest BCUT2D eigenvalue weighted by Crippen LogP contribution is 2.29. The van der Waals surface area contributed by atoms with Gasteiger partial charge in [0.25, 0.3) is 0 Å². The lowest BCUT2D eigenvalue weighted by Gasteiger charge is -2.11. The van der Waals surface area contributed by atoms with Crippen LogP contribution in [-0.2, 0) is 4.79 Å². The second kappa shape index (κ2) is 8.29. The fraction of sp³-hybridized carbons (Fsp3) is 0.235. The largest absolute Gasteiger partial charge is 0.493 e. The van der Waals surface area contributed by atoms with Gasteiger partial charge in [0, 0.05) is 35.4 Å². The average Bonchev–Trinajstić information content (AvgIpc) is 2.56. The lowest BCUT2D eigenvalue weighted by Crippen LogP contribution is -2.16. The average molecular weight is 335 g/mol. The molecule has 122 valence electrons. The van der Waals surface area contributed by atoms with Crippen LogP contribution in [0.5, 0.6) is 11.5 Å². The summed E-state index contributed by atoms with van der Waals surface area (Å²) < 4.78 is 10.4. The van der Waals surface area contributed by atoms with E-state index in [0.29, 0.717) is 35.2 Å². The Kier molecular flexibility index (Phi) is 6.11. The summed E-state index contributed by atoms with van der Waals surface area (Å²) in [4.78, 5) is 12.0. The van der Waals surface area contributed by atoms with Gasteiger partial charge in [0.05, 0.1) is 14.2 Å². The fourth-order valence-corrected chi connectivity index (χ4v) is 2.15. The summed E-state index contributed by atoms with van der Waals surface area (Å²) in [5.74, 6) is 1.11. The molecule has 2 rings (SSSR count). The first-order chi connectivity index (χ1) is 11.1. The Morgan fingerprint density at radius 2 is 1.65 bits per heavy atom.